The summed E-state index contributed by atoms with van der Waals surface area (Å²) in [5.74, 6) is 0.357. The molecule has 0 atom stereocenters. The highest BCUT2D eigenvalue weighted by molar-refractivity contribution is 5.62. The van der Waals surface area contributed by atoms with Crippen molar-refractivity contribution in [2.24, 2.45) is 7.05 Å². The van der Waals surface area contributed by atoms with Crippen molar-refractivity contribution in [2.75, 3.05) is 0 Å². The third kappa shape index (κ3) is 3.06. The molecular formula is C19H17FN2O. The largest absolute Gasteiger partial charge is 0.299 e. The van der Waals surface area contributed by atoms with Crippen LogP contribution in [0.4, 0.5) is 4.39 Å². The van der Waals surface area contributed by atoms with Gasteiger partial charge in [0, 0.05) is 19.7 Å². The fraction of sp³-hybridized carbons (Fsp3) is 0.158. The minimum absolute atomic E-state index is 0.172. The lowest BCUT2D eigenvalue weighted by atomic mass is 10.1. The van der Waals surface area contributed by atoms with Crippen LogP contribution in [0.1, 0.15) is 17.0 Å². The van der Waals surface area contributed by atoms with Gasteiger partial charge in [0.1, 0.15) is 11.6 Å². The molecule has 0 radical (unpaired) electrons. The number of aryl methyl sites for hydroxylation is 1. The van der Waals surface area contributed by atoms with Crippen LogP contribution in [0.25, 0.3) is 11.1 Å². The summed E-state index contributed by atoms with van der Waals surface area (Å²) in [6, 6.07) is 14.6. The first-order chi connectivity index (χ1) is 11.1. The van der Waals surface area contributed by atoms with Crippen molar-refractivity contribution in [1.82, 2.24) is 9.55 Å². The van der Waals surface area contributed by atoms with Gasteiger partial charge in [-0.3, -0.25) is 9.36 Å². The average Bonchev–Trinajstić information content (AvgIpc) is 2.56. The zero-order valence-electron chi connectivity index (χ0n) is 13.1. The molecule has 0 bridgehead atoms. The van der Waals surface area contributed by atoms with Crippen LogP contribution in [0.3, 0.4) is 0 Å². The van der Waals surface area contributed by atoms with Crippen molar-refractivity contribution < 1.29 is 4.39 Å². The molecule has 0 spiro atoms. The third-order valence-corrected chi connectivity index (χ3v) is 3.95. The Kier molecular flexibility index (Phi) is 4.06. The van der Waals surface area contributed by atoms with E-state index in [2.05, 4.69) is 4.98 Å². The Morgan fingerprint density at radius 2 is 1.87 bits per heavy atom. The van der Waals surface area contributed by atoms with Gasteiger partial charge in [-0.2, -0.15) is 0 Å². The second kappa shape index (κ2) is 6.16. The number of rotatable bonds is 3. The van der Waals surface area contributed by atoms with Gasteiger partial charge in [0.15, 0.2) is 0 Å². The summed E-state index contributed by atoms with van der Waals surface area (Å²) >= 11 is 0. The first kappa shape index (κ1) is 15.2. The summed E-state index contributed by atoms with van der Waals surface area (Å²) < 4.78 is 15.3. The lowest BCUT2D eigenvalue weighted by molar-refractivity contribution is 0.619. The number of halogens is 1. The van der Waals surface area contributed by atoms with Crippen LogP contribution in [0, 0.1) is 12.7 Å². The topological polar surface area (TPSA) is 34.9 Å². The minimum atomic E-state index is -0.321. The molecule has 3 aromatic rings. The van der Waals surface area contributed by atoms with Crippen molar-refractivity contribution >= 4 is 0 Å². The Balaban J connectivity index is 2.00. The molecule has 0 saturated heterocycles. The molecular weight excluding hydrogens is 291 g/mol. The van der Waals surface area contributed by atoms with Crippen LogP contribution in [-0.4, -0.2) is 9.55 Å². The predicted octanol–water partition coefficient (Wildman–Crippen LogP) is 3.49. The number of hydrogen-bond acceptors (Lipinski definition) is 2. The van der Waals surface area contributed by atoms with E-state index in [0.29, 0.717) is 28.9 Å². The Morgan fingerprint density at radius 3 is 2.57 bits per heavy atom. The molecule has 23 heavy (non-hydrogen) atoms. The maximum absolute atomic E-state index is 13.7. The van der Waals surface area contributed by atoms with E-state index in [4.69, 9.17) is 0 Å². The van der Waals surface area contributed by atoms with Crippen LogP contribution in [0.15, 0.2) is 59.5 Å². The van der Waals surface area contributed by atoms with Gasteiger partial charge in [0.2, 0.25) is 0 Å². The van der Waals surface area contributed by atoms with E-state index in [1.165, 1.54) is 16.8 Å². The first-order valence-electron chi connectivity index (χ1n) is 7.41. The highest BCUT2D eigenvalue weighted by Crippen LogP contribution is 2.18. The van der Waals surface area contributed by atoms with Gasteiger partial charge in [0.25, 0.3) is 5.56 Å². The molecule has 3 nitrogen and oxygen atoms in total. The zero-order chi connectivity index (χ0) is 16.4. The molecule has 0 aliphatic carbocycles. The predicted molar refractivity (Wildman–Crippen MR) is 88.9 cm³/mol. The third-order valence-electron chi connectivity index (χ3n) is 3.95. The van der Waals surface area contributed by atoms with Gasteiger partial charge in [0.05, 0.1) is 5.56 Å². The van der Waals surface area contributed by atoms with E-state index >= 15 is 0 Å². The maximum atomic E-state index is 13.7. The molecule has 0 N–H and O–H groups in total. The molecule has 0 saturated carbocycles. The molecule has 0 aliphatic heterocycles. The van der Waals surface area contributed by atoms with Gasteiger partial charge >= 0.3 is 0 Å². The van der Waals surface area contributed by atoms with Crippen LogP contribution >= 0.6 is 0 Å². The SMILES string of the molecule is Cc1ccc(-c2cnc(Cc3ccccc3)n(C)c2=O)cc1F. The molecule has 1 heterocycles. The van der Waals surface area contributed by atoms with Gasteiger partial charge in [-0.25, -0.2) is 9.37 Å². The van der Waals surface area contributed by atoms with Gasteiger partial charge in [-0.15, -0.1) is 0 Å². The van der Waals surface area contributed by atoms with E-state index in [-0.39, 0.29) is 11.4 Å². The summed E-state index contributed by atoms with van der Waals surface area (Å²) in [5, 5.41) is 0. The lowest BCUT2D eigenvalue weighted by Crippen LogP contribution is -2.23. The summed E-state index contributed by atoms with van der Waals surface area (Å²) in [5.41, 5.74) is 2.42. The molecule has 2 aromatic carbocycles. The quantitative estimate of drug-likeness (QED) is 0.742. The first-order valence-corrected chi connectivity index (χ1v) is 7.41. The van der Waals surface area contributed by atoms with Gasteiger partial charge < -0.3 is 0 Å². The highest BCUT2D eigenvalue weighted by atomic mass is 19.1. The Morgan fingerprint density at radius 1 is 1.13 bits per heavy atom. The molecule has 3 rings (SSSR count). The van der Waals surface area contributed by atoms with Crippen LogP contribution in [0.2, 0.25) is 0 Å². The van der Waals surface area contributed by atoms with Crippen molar-refractivity contribution in [3.05, 3.63) is 87.9 Å². The average molecular weight is 308 g/mol. The highest BCUT2D eigenvalue weighted by Gasteiger charge is 2.11. The minimum Gasteiger partial charge on any atom is -0.299 e. The number of aromatic nitrogens is 2. The van der Waals surface area contributed by atoms with E-state index in [1.807, 2.05) is 30.3 Å². The van der Waals surface area contributed by atoms with Crippen molar-refractivity contribution in [2.45, 2.75) is 13.3 Å². The van der Waals surface area contributed by atoms with E-state index in [9.17, 15) is 9.18 Å². The maximum Gasteiger partial charge on any atom is 0.261 e. The van der Waals surface area contributed by atoms with Crippen LogP contribution in [-0.2, 0) is 13.5 Å². The molecule has 4 heteroatoms. The zero-order valence-corrected chi connectivity index (χ0v) is 13.1. The van der Waals surface area contributed by atoms with Crippen molar-refractivity contribution in [3.63, 3.8) is 0 Å². The number of benzene rings is 2. The summed E-state index contributed by atoms with van der Waals surface area (Å²) in [6.45, 7) is 1.69. The summed E-state index contributed by atoms with van der Waals surface area (Å²) in [4.78, 5) is 17.0. The number of nitrogens with zero attached hydrogens (tertiary/aromatic N) is 2. The number of hydrogen-bond donors (Lipinski definition) is 0. The monoisotopic (exact) mass is 308 g/mol. The molecule has 1 aromatic heterocycles. The Hall–Kier alpha value is -2.75. The van der Waals surface area contributed by atoms with E-state index in [0.717, 1.165) is 5.56 Å². The van der Waals surface area contributed by atoms with E-state index < -0.39 is 0 Å². The summed E-state index contributed by atoms with van der Waals surface area (Å²) in [7, 11) is 1.70. The smallest absolute Gasteiger partial charge is 0.261 e. The van der Waals surface area contributed by atoms with Gasteiger partial charge in [-0.1, -0.05) is 42.5 Å². The molecule has 0 unspecified atom stereocenters. The summed E-state index contributed by atoms with van der Waals surface area (Å²) in [6.07, 6.45) is 2.11. The fourth-order valence-corrected chi connectivity index (χ4v) is 2.48. The van der Waals surface area contributed by atoms with Gasteiger partial charge in [-0.05, 0) is 29.7 Å². The lowest BCUT2D eigenvalue weighted by Gasteiger charge is -2.10. The standard InChI is InChI=1S/C19H17FN2O/c1-13-8-9-15(11-17(13)20)16-12-21-18(22(2)19(16)23)10-14-6-4-3-5-7-14/h3-9,11-12H,10H2,1-2H3. The molecule has 0 amide bonds. The second-order valence-corrected chi connectivity index (χ2v) is 5.58. The molecule has 116 valence electrons. The van der Waals surface area contributed by atoms with E-state index in [1.54, 1.807) is 26.1 Å². The molecule has 0 fully saturated rings. The molecule has 0 aliphatic rings. The van der Waals surface area contributed by atoms with Crippen LogP contribution < -0.4 is 5.56 Å². The fourth-order valence-electron chi connectivity index (χ4n) is 2.48. The van der Waals surface area contributed by atoms with Crippen LogP contribution in [0.5, 0.6) is 0 Å². The van der Waals surface area contributed by atoms with Crippen molar-refractivity contribution in [1.29, 1.82) is 0 Å². The Labute approximate surface area is 134 Å². The second-order valence-electron chi connectivity index (χ2n) is 5.58. The van der Waals surface area contributed by atoms with Crippen molar-refractivity contribution in [3.8, 4) is 11.1 Å². The normalized spacial score (nSPS) is 10.7. The Bertz CT molecular complexity index is 901.